The van der Waals surface area contributed by atoms with Gasteiger partial charge in [-0.3, -0.25) is 0 Å². The first kappa shape index (κ1) is 11.5. The SMILES string of the molecule is CC(C)/C(=C/c1ccccc1C#N)CN. The van der Waals surface area contributed by atoms with E-state index in [9.17, 15) is 0 Å². The summed E-state index contributed by atoms with van der Waals surface area (Å²) >= 11 is 0. The Morgan fingerprint density at radius 3 is 2.67 bits per heavy atom. The van der Waals surface area contributed by atoms with Gasteiger partial charge in [-0.15, -0.1) is 0 Å². The van der Waals surface area contributed by atoms with Crippen LogP contribution >= 0.6 is 0 Å². The molecule has 0 radical (unpaired) electrons. The van der Waals surface area contributed by atoms with Crippen LogP contribution < -0.4 is 5.73 Å². The maximum Gasteiger partial charge on any atom is 0.0997 e. The zero-order valence-corrected chi connectivity index (χ0v) is 9.20. The molecule has 0 saturated heterocycles. The topological polar surface area (TPSA) is 49.8 Å². The lowest BCUT2D eigenvalue weighted by molar-refractivity contribution is 0.752. The number of rotatable bonds is 3. The van der Waals surface area contributed by atoms with Crippen LogP contribution in [0, 0.1) is 17.2 Å². The normalized spacial score (nSPS) is 11.5. The summed E-state index contributed by atoms with van der Waals surface area (Å²) in [6, 6.07) is 9.74. The number of nitrogens with two attached hydrogens (primary N) is 1. The molecule has 15 heavy (non-hydrogen) atoms. The summed E-state index contributed by atoms with van der Waals surface area (Å²) in [7, 11) is 0. The Hall–Kier alpha value is -1.59. The van der Waals surface area contributed by atoms with Gasteiger partial charge in [0.05, 0.1) is 11.6 Å². The van der Waals surface area contributed by atoms with E-state index in [1.807, 2.05) is 30.3 Å². The van der Waals surface area contributed by atoms with E-state index in [2.05, 4.69) is 19.9 Å². The Labute approximate surface area is 91.0 Å². The first-order valence-corrected chi connectivity index (χ1v) is 5.08. The first-order chi connectivity index (χ1) is 7.19. The minimum Gasteiger partial charge on any atom is -0.327 e. The highest BCUT2D eigenvalue weighted by atomic mass is 14.5. The van der Waals surface area contributed by atoms with Crippen molar-refractivity contribution in [2.24, 2.45) is 11.7 Å². The molecular formula is C13H16N2. The Morgan fingerprint density at radius 1 is 1.47 bits per heavy atom. The second kappa shape index (κ2) is 5.33. The summed E-state index contributed by atoms with van der Waals surface area (Å²) in [5.74, 6) is 0.418. The van der Waals surface area contributed by atoms with Gasteiger partial charge < -0.3 is 5.73 Å². The molecule has 0 saturated carbocycles. The van der Waals surface area contributed by atoms with Crippen LogP contribution in [-0.4, -0.2) is 6.54 Å². The van der Waals surface area contributed by atoms with E-state index < -0.39 is 0 Å². The summed E-state index contributed by atoms with van der Waals surface area (Å²) < 4.78 is 0. The van der Waals surface area contributed by atoms with Gasteiger partial charge in [-0.1, -0.05) is 43.7 Å². The van der Waals surface area contributed by atoms with Gasteiger partial charge >= 0.3 is 0 Å². The van der Waals surface area contributed by atoms with E-state index in [1.165, 1.54) is 0 Å². The van der Waals surface area contributed by atoms with Crippen molar-refractivity contribution >= 4 is 6.08 Å². The van der Waals surface area contributed by atoms with Gasteiger partial charge in [-0.2, -0.15) is 5.26 Å². The molecule has 1 aromatic rings. The zero-order chi connectivity index (χ0) is 11.3. The molecule has 0 atom stereocenters. The lowest BCUT2D eigenvalue weighted by atomic mass is 9.98. The van der Waals surface area contributed by atoms with Crippen LogP contribution in [0.2, 0.25) is 0 Å². The predicted octanol–water partition coefficient (Wildman–Crippen LogP) is 2.56. The molecule has 0 aliphatic heterocycles. The number of nitrogens with zero attached hydrogens (tertiary/aromatic N) is 1. The second-order valence-corrected chi connectivity index (χ2v) is 3.78. The monoisotopic (exact) mass is 200 g/mol. The quantitative estimate of drug-likeness (QED) is 0.815. The van der Waals surface area contributed by atoms with Crippen LogP contribution in [0.25, 0.3) is 6.08 Å². The van der Waals surface area contributed by atoms with Crippen LogP contribution in [0.4, 0.5) is 0 Å². The van der Waals surface area contributed by atoms with Crippen LogP contribution in [0.15, 0.2) is 29.8 Å². The molecule has 1 rings (SSSR count). The molecule has 0 unspecified atom stereocenters. The third-order valence-electron chi connectivity index (χ3n) is 2.40. The molecule has 1 aromatic carbocycles. The Morgan fingerprint density at radius 2 is 2.13 bits per heavy atom. The highest BCUT2D eigenvalue weighted by molar-refractivity contribution is 5.60. The fourth-order valence-electron chi connectivity index (χ4n) is 1.39. The van der Waals surface area contributed by atoms with Crippen molar-refractivity contribution in [2.45, 2.75) is 13.8 Å². The Balaban J connectivity index is 3.12. The third kappa shape index (κ3) is 2.93. The molecule has 2 nitrogen and oxygen atoms in total. The van der Waals surface area contributed by atoms with E-state index in [0.717, 1.165) is 11.1 Å². The van der Waals surface area contributed by atoms with E-state index in [0.29, 0.717) is 18.0 Å². The molecule has 0 aromatic heterocycles. The van der Waals surface area contributed by atoms with Crippen molar-refractivity contribution < 1.29 is 0 Å². The van der Waals surface area contributed by atoms with Crippen molar-refractivity contribution in [1.82, 2.24) is 0 Å². The smallest absolute Gasteiger partial charge is 0.0997 e. The fourth-order valence-corrected chi connectivity index (χ4v) is 1.39. The molecule has 78 valence electrons. The summed E-state index contributed by atoms with van der Waals surface area (Å²) in [5.41, 5.74) is 8.48. The summed E-state index contributed by atoms with van der Waals surface area (Å²) in [4.78, 5) is 0. The van der Waals surface area contributed by atoms with Gasteiger partial charge in [0.25, 0.3) is 0 Å². The lowest BCUT2D eigenvalue weighted by Gasteiger charge is -2.09. The van der Waals surface area contributed by atoms with Crippen molar-refractivity contribution in [3.05, 3.63) is 41.0 Å². The molecule has 0 heterocycles. The van der Waals surface area contributed by atoms with Crippen molar-refractivity contribution in [3.8, 4) is 6.07 Å². The van der Waals surface area contributed by atoms with Gasteiger partial charge in [0.2, 0.25) is 0 Å². The number of benzene rings is 1. The highest BCUT2D eigenvalue weighted by Crippen LogP contribution is 2.16. The third-order valence-corrected chi connectivity index (χ3v) is 2.40. The van der Waals surface area contributed by atoms with Gasteiger partial charge in [0, 0.05) is 6.54 Å². The van der Waals surface area contributed by atoms with Crippen LogP contribution in [0.5, 0.6) is 0 Å². The van der Waals surface area contributed by atoms with Crippen LogP contribution in [-0.2, 0) is 0 Å². The molecule has 0 bridgehead atoms. The Kier molecular flexibility index (Phi) is 4.08. The predicted molar refractivity (Wildman–Crippen MR) is 63.0 cm³/mol. The summed E-state index contributed by atoms with van der Waals surface area (Å²) in [6.45, 7) is 4.75. The molecular weight excluding hydrogens is 184 g/mol. The van der Waals surface area contributed by atoms with Crippen LogP contribution in [0.1, 0.15) is 25.0 Å². The van der Waals surface area contributed by atoms with Gasteiger partial charge in [-0.05, 0) is 17.5 Å². The molecule has 2 heteroatoms. The number of hydrogen-bond donors (Lipinski definition) is 1. The van der Waals surface area contributed by atoms with Crippen LogP contribution in [0.3, 0.4) is 0 Å². The standard InChI is InChI=1S/C13H16N2/c1-10(2)13(9-15)7-11-5-3-4-6-12(11)8-14/h3-7,10H,9,15H2,1-2H3/b13-7+. The second-order valence-electron chi connectivity index (χ2n) is 3.78. The first-order valence-electron chi connectivity index (χ1n) is 5.08. The molecule has 0 aliphatic rings. The minimum absolute atomic E-state index is 0.418. The van der Waals surface area contributed by atoms with Crippen molar-refractivity contribution in [2.75, 3.05) is 6.54 Å². The summed E-state index contributed by atoms with van der Waals surface area (Å²) in [5, 5.41) is 8.93. The van der Waals surface area contributed by atoms with E-state index in [1.54, 1.807) is 0 Å². The average molecular weight is 200 g/mol. The molecule has 0 amide bonds. The van der Waals surface area contributed by atoms with Gasteiger partial charge in [-0.25, -0.2) is 0 Å². The maximum atomic E-state index is 8.93. The maximum absolute atomic E-state index is 8.93. The average Bonchev–Trinajstić information content (AvgIpc) is 2.25. The van der Waals surface area contributed by atoms with Crippen molar-refractivity contribution in [3.63, 3.8) is 0 Å². The highest BCUT2D eigenvalue weighted by Gasteiger charge is 2.03. The fraction of sp³-hybridized carbons (Fsp3) is 0.308. The molecule has 0 aliphatic carbocycles. The van der Waals surface area contributed by atoms with Gasteiger partial charge in [0.15, 0.2) is 0 Å². The van der Waals surface area contributed by atoms with Gasteiger partial charge in [0.1, 0.15) is 0 Å². The largest absolute Gasteiger partial charge is 0.327 e. The summed E-state index contributed by atoms with van der Waals surface area (Å²) in [6.07, 6.45) is 2.02. The number of hydrogen-bond acceptors (Lipinski definition) is 2. The molecule has 0 fully saturated rings. The van der Waals surface area contributed by atoms with E-state index in [4.69, 9.17) is 11.0 Å². The molecule has 2 N–H and O–H groups in total. The zero-order valence-electron chi connectivity index (χ0n) is 9.20. The Bertz CT molecular complexity index is 397. The molecule has 0 spiro atoms. The lowest BCUT2D eigenvalue weighted by Crippen LogP contribution is -2.08. The number of nitriles is 1. The van der Waals surface area contributed by atoms with E-state index >= 15 is 0 Å². The van der Waals surface area contributed by atoms with Crippen molar-refractivity contribution in [1.29, 1.82) is 5.26 Å². The minimum atomic E-state index is 0.418. The van der Waals surface area contributed by atoms with E-state index in [-0.39, 0.29) is 0 Å².